The predicted molar refractivity (Wildman–Crippen MR) is 95.2 cm³/mol. The zero-order valence-electron chi connectivity index (χ0n) is 14.2. The number of carbonyl (C=O) groups is 2. The van der Waals surface area contributed by atoms with Crippen molar-refractivity contribution in [2.45, 2.75) is 6.92 Å². The Hall–Kier alpha value is -3.53. The SMILES string of the molecule is CC(=O)N(CC(=O)Nc1ccc2c(c1)OCCO2)c1ccccc1C#N. The normalized spacial score (nSPS) is 12.0. The number of rotatable bonds is 4. The quantitative estimate of drug-likeness (QED) is 0.913. The molecule has 7 heteroatoms. The molecule has 0 bridgehead atoms. The minimum Gasteiger partial charge on any atom is -0.486 e. The second kappa shape index (κ2) is 7.57. The van der Waals surface area contributed by atoms with Crippen LogP contribution in [0, 0.1) is 11.3 Å². The summed E-state index contributed by atoms with van der Waals surface area (Å²) in [4.78, 5) is 25.7. The molecule has 26 heavy (non-hydrogen) atoms. The monoisotopic (exact) mass is 351 g/mol. The van der Waals surface area contributed by atoms with Gasteiger partial charge in [0.15, 0.2) is 11.5 Å². The van der Waals surface area contributed by atoms with Crippen LogP contribution < -0.4 is 19.7 Å². The Morgan fingerprint density at radius 2 is 1.88 bits per heavy atom. The van der Waals surface area contributed by atoms with Crippen molar-refractivity contribution in [3.05, 3.63) is 48.0 Å². The van der Waals surface area contributed by atoms with Gasteiger partial charge in [-0.15, -0.1) is 0 Å². The molecule has 0 aromatic heterocycles. The molecule has 3 rings (SSSR count). The van der Waals surface area contributed by atoms with Crippen molar-refractivity contribution < 1.29 is 19.1 Å². The number of nitriles is 1. The summed E-state index contributed by atoms with van der Waals surface area (Å²) in [5, 5.41) is 12.0. The third-order valence-electron chi connectivity index (χ3n) is 3.82. The van der Waals surface area contributed by atoms with Gasteiger partial charge in [0.05, 0.1) is 11.3 Å². The van der Waals surface area contributed by atoms with Gasteiger partial charge in [-0.1, -0.05) is 12.1 Å². The van der Waals surface area contributed by atoms with Crippen LogP contribution in [0.25, 0.3) is 0 Å². The van der Waals surface area contributed by atoms with Crippen molar-refractivity contribution in [1.82, 2.24) is 0 Å². The van der Waals surface area contributed by atoms with Gasteiger partial charge in [0.1, 0.15) is 25.8 Å². The third-order valence-corrected chi connectivity index (χ3v) is 3.82. The molecule has 2 aromatic carbocycles. The summed E-state index contributed by atoms with van der Waals surface area (Å²) in [6, 6.07) is 13.8. The lowest BCUT2D eigenvalue weighted by Gasteiger charge is -2.22. The lowest BCUT2D eigenvalue weighted by molar-refractivity contribution is -0.120. The average Bonchev–Trinajstić information content (AvgIpc) is 2.66. The van der Waals surface area contributed by atoms with Crippen molar-refractivity contribution in [3.63, 3.8) is 0 Å². The lowest BCUT2D eigenvalue weighted by atomic mass is 10.1. The standard InChI is InChI=1S/C19H17N3O4/c1-13(23)22(16-5-3-2-4-14(16)11-20)12-19(24)21-15-6-7-17-18(10-15)26-9-8-25-17/h2-7,10H,8-9,12H2,1H3,(H,21,24). The number of nitrogens with one attached hydrogen (secondary N) is 1. The summed E-state index contributed by atoms with van der Waals surface area (Å²) in [5.41, 5.74) is 1.27. The molecule has 1 N–H and O–H groups in total. The number of para-hydroxylation sites is 1. The van der Waals surface area contributed by atoms with Gasteiger partial charge in [0.25, 0.3) is 0 Å². The number of fused-ring (bicyclic) bond motifs is 1. The Kier molecular flexibility index (Phi) is 5.04. The topological polar surface area (TPSA) is 91.7 Å². The van der Waals surface area contributed by atoms with E-state index in [4.69, 9.17) is 9.47 Å². The molecular formula is C19H17N3O4. The number of anilines is 2. The van der Waals surface area contributed by atoms with Gasteiger partial charge in [-0.3, -0.25) is 9.59 Å². The van der Waals surface area contributed by atoms with Gasteiger partial charge >= 0.3 is 0 Å². The molecule has 0 aliphatic carbocycles. The van der Waals surface area contributed by atoms with Gasteiger partial charge in [0, 0.05) is 18.7 Å². The van der Waals surface area contributed by atoms with E-state index >= 15 is 0 Å². The van der Waals surface area contributed by atoms with Gasteiger partial charge in [-0.2, -0.15) is 5.26 Å². The fourth-order valence-corrected chi connectivity index (χ4v) is 2.63. The molecular weight excluding hydrogens is 334 g/mol. The molecule has 0 unspecified atom stereocenters. The molecule has 0 atom stereocenters. The van der Waals surface area contributed by atoms with E-state index in [0.29, 0.717) is 41.7 Å². The molecule has 0 fully saturated rings. The fraction of sp³-hybridized carbons (Fsp3) is 0.211. The zero-order chi connectivity index (χ0) is 18.5. The fourth-order valence-electron chi connectivity index (χ4n) is 2.63. The molecule has 0 spiro atoms. The molecule has 7 nitrogen and oxygen atoms in total. The molecule has 1 aliphatic heterocycles. The first-order chi connectivity index (χ1) is 12.6. The number of hydrogen-bond donors (Lipinski definition) is 1. The second-order valence-corrected chi connectivity index (χ2v) is 5.64. The van der Waals surface area contributed by atoms with Crippen LogP contribution >= 0.6 is 0 Å². The summed E-state index contributed by atoms with van der Waals surface area (Å²) in [5.74, 6) is 0.476. The molecule has 1 aliphatic rings. The summed E-state index contributed by atoms with van der Waals surface area (Å²) < 4.78 is 10.9. The molecule has 2 amide bonds. The Labute approximate surface area is 150 Å². The number of carbonyl (C=O) groups excluding carboxylic acids is 2. The maximum absolute atomic E-state index is 12.4. The van der Waals surface area contributed by atoms with Crippen LogP contribution in [0.15, 0.2) is 42.5 Å². The summed E-state index contributed by atoms with van der Waals surface area (Å²) in [6.07, 6.45) is 0. The number of benzene rings is 2. The van der Waals surface area contributed by atoms with Gasteiger partial charge in [-0.25, -0.2) is 0 Å². The van der Waals surface area contributed by atoms with E-state index in [9.17, 15) is 14.9 Å². The van der Waals surface area contributed by atoms with E-state index in [1.165, 1.54) is 11.8 Å². The van der Waals surface area contributed by atoms with Crippen molar-refractivity contribution in [3.8, 4) is 17.6 Å². The summed E-state index contributed by atoms with van der Waals surface area (Å²) >= 11 is 0. The van der Waals surface area contributed by atoms with E-state index in [0.717, 1.165) is 0 Å². The van der Waals surface area contributed by atoms with Crippen molar-refractivity contribution in [2.75, 3.05) is 30.0 Å². The van der Waals surface area contributed by atoms with Crippen molar-refractivity contribution in [2.24, 2.45) is 0 Å². The third kappa shape index (κ3) is 3.75. The highest BCUT2D eigenvalue weighted by molar-refractivity contribution is 6.02. The molecule has 0 saturated carbocycles. The van der Waals surface area contributed by atoms with Crippen molar-refractivity contribution >= 4 is 23.2 Å². The van der Waals surface area contributed by atoms with Gasteiger partial charge in [-0.05, 0) is 24.3 Å². The van der Waals surface area contributed by atoms with Crippen LogP contribution in [-0.4, -0.2) is 31.6 Å². The minimum atomic E-state index is -0.385. The Morgan fingerprint density at radius 3 is 2.62 bits per heavy atom. The van der Waals surface area contributed by atoms with Crippen LogP contribution in [-0.2, 0) is 9.59 Å². The first-order valence-corrected chi connectivity index (χ1v) is 8.05. The molecule has 2 aromatic rings. The van der Waals surface area contributed by atoms with Crippen LogP contribution in [0.2, 0.25) is 0 Å². The van der Waals surface area contributed by atoms with Gasteiger partial charge < -0.3 is 19.7 Å². The molecule has 1 heterocycles. The maximum atomic E-state index is 12.4. The second-order valence-electron chi connectivity index (χ2n) is 5.64. The maximum Gasteiger partial charge on any atom is 0.244 e. The first-order valence-electron chi connectivity index (χ1n) is 8.05. The van der Waals surface area contributed by atoms with Crippen LogP contribution in [0.3, 0.4) is 0 Å². The average molecular weight is 351 g/mol. The Morgan fingerprint density at radius 1 is 1.15 bits per heavy atom. The van der Waals surface area contributed by atoms with E-state index in [1.54, 1.807) is 42.5 Å². The largest absolute Gasteiger partial charge is 0.486 e. The highest BCUT2D eigenvalue weighted by atomic mass is 16.6. The van der Waals surface area contributed by atoms with Crippen molar-refractivity contribution in [1.29, 1.82) is 5.26 Å². The lowest BCUT2D eigenvalue weighted by Crippen LogP contribution is -2.37. The number of nitrogens with zero attached hydrogens (tertiary/aromatic N) is 2. The summed E-state index contributed by atoms with van der Waals surface area (Å²) in [6.45, 7) is 2.09. The van der Waals surface area contributed by atoms with E-state index in [2.05, 4.69) is 5.32 Å². The van der Waals surface area contributed by atoms with E-state index < -0.39 is 0 Å². The minimum absolute atomic E-state index is 0.206. The first kappa shape index (κ1) is 17.3. The Balaban J connectivity index is 1.75. The zero-order valence-corrected chi connectivity index (χ0v) is 14.2. The number of ether oxygens (including phenoxy) is 2. The molecule has 0 saturated heterocycles. The highest BCUT2D eigenvalue weighted by Gasteiger charge is 2.19. The number of amides is 2. The number of hydrogen-bond acceptors (Lipinski definition) is 5. The Bertz CT molecular complexity index is 889. The summed E-state index contributed by atoms with van der Waals surface area (Å²) in [7, 11) is 0. The molecule has 132 valence electrons. The smallest absolute Gasteiger partial charge is 0.244 e. The van der Waals surface area contributed by atoms with Gasteiger partial charge in [0.2, 0.25) is 11.8 Å². The van der Waals surface area contributed by atoms with Crippen LogP contribution in [0.4, 0.5) is 11.4 Å². The van der Waals surface area contributed by atoms with Crippen LogP contribution in [0.1, 0.15) is 12.5 Å². The van der Waals surface area contributed by atoms with E-state index in [1.807, 2.05) is 6.07 Å². The molecule has 0 radical (unpaired) electrons. The van der Waals surface area contributed by atoms with E-state index in [-0.39, 0.29) is 18.4 Å². The predicted octanol–water partition coefficient (Wildman–Crippen LogP) is 2.32. The van der Waals surface area contributed by atoms with Crippen LogP contribution in [0.5, 0.6) is 11.5 Å². The highest BCUT2D eigenvalue weighted by Crippen LogP contribution is 2.32.